The highest BCUT2D eigenvalue weighted by atomic mass is 79.9. The van der Waals surface area contributed by atoms with E-state index in [0.717, 1.165) is 10.0 Å². The summed E-state index contributed by atoms with van der Waals surface area (Å²) in [6, 6.07) is 7.86. The number of hydrogen-bond acceptors (Lipinski definition) is 3. The fourth-order valence-electron chi connectivity index (χ4n) is 1.94. The Morgan fingerprint density at radius 2 is 2.05 bits per heavy atom. The van der Waals surface area contributed by atoms with Crippen molar-refractivity contribution in [2.45, 2.75) is 26.2 Å². The van der Waals surface area contributed by atoms with Crippen LogP contribution in [0.3, 0.4) is 0 Å². The highest BCUT2D eigenvalue weighted by Gasteiger charge is 2.16. The molecule has 0 saturated heterocycles. The third-order valence-corrected chi connectivity index (χ3v) is 3.73. The first-order chi connectivity index (χ1) is 9.49. The summed E-state index contributed by atoms with van der Waals surface area (Å²) in [5, 5.41) is 9.15. The predicted molar refractivity (Wildman–Crippen MR) is 80.0 cm³/mol. The van der Waals surface area contributed by atoms with Gasteiger partial charge in [0.25, 0.3) is 0 Å². The molecular formula is C15H15BrN2O2. The van der Waals surface area contributed by atoms with Gasteiger partial charge in [-0.25, -0.2) is 14.8 Å². The van der Waals surface area contributed by atoms with E-state index in [1.54, 1.807) is 0 Å². The minimum Gasteiger partial charge on any atom is -0.478 e. The molecule has 104 valence electrons. The van der Waals surface area contributed by atoms with Gasteiger partial charge in [0.05, 0.1) is 11.3 Å². The lowest BCUT2D eigenvalue weighted by atomic mass is 10.0. The molecule has 0 aliphatic heterocycles. The van der Waals surface area contributed by atoms with Gasteiger partial charge in [-0.1, -0.05) is 48.0 Å². The van der Waals surface area contributed by atoms with Gasteiger partial charge < -0.3 is 5.11 Å². The summed E-state index contributed by atoms with van der Waals surface area (Å²) >= 11 is 3.49. The van der Waals surface area contributed by atoms with Crippen molar-refractivity contribution in [2.75, 3.05) is 0 Å². The number of hydrogen-bond donors (Lipinski definition) is 1. The predicted octanol–water partition coefficient (Wildman–Crippen LogP) is 3.65. The number of benzene rings is 1. The van der Waals surface area contributed by atoms with Crippen molar-refractivity contribution in [1.82, 2.24) is 9.97 Å². The molecule has 2 rings (SSSR count). The highest BCUT2D eigenvalue weighted by molar-refractivity contribution is 9.10. The van der Waals surface area contributed by atoms with Crippen molar-refractivity contribution in [3.63, 3.8) is 0 Å². The van der Waals surface area contributed by atoms with Crippen molar-refractivity contribution >= 4 is 21.9 Å². The molecule has 5 heteroatoms. The number of carboxylic acids is 1. The maximum Gasteiger partial charge on any atom is 0.339 e. The van der Waals surface area contributed by atoms with Crippen molar-refractivity contribution in [3.05, 3.63) is 57.6 Å². The molecule has 0 spiro atoms. The fourth-order valence-corrected chi connectivity index (χ4v) is 2.36. The number of halogens is 1. The summed E-state index contributed by atoms with van der Waals surface area (Å²) in [5.41, 5.74) is 1.83. The van der Waals surface area contributed by atoms with E-state index in [2.05, 4.69) is 25.9 Å². The maximum absolute atomic E-state index is 11.2. The van der Waals surface area contributed by atoms with Crippen LogP contribution in [0.1, 0.15) is 47.2 Å². The van der Waals surface area contributed by atoms with E-state index in [1.165, 1.54) is 6.20 Å². The summed E-state index contributed by atoms with van der Waals surface area (Å²) in [6.45, 7) is 3.86. The van der Waals surface area contributed by atoms with Crippen molar-refractivity contribution in [3.8, 4) is 0 Å². The molecule has 0 unspecified atom stereocenters. The molecule has 0 aliphatic rings. The van der Waals surface area contributed by atoms with Gasteiger partial charge in [0.1, 0.15) is 5.82 Å². The molecule has 1 aromatic carbocycles. The number of aromatic nitrogens is 2. The van der Waals surface area contributed by atoms with E-state index in [0.29, 0.717) is 17.9 Å². The Morgan fingerprint density at radius 1 is 1.35 bits per heavy atom. The van der Waals surface area contributed by atoms with Crippen LogP contribution in [0.2, 0.25) is 0 Å². The van der Waals surface area contributed by atoms with Crippen molar-refractivity contribution in [1.29, 1.82) is 0 Å². The standard InChI is InChI=1S/C15H15BrN2O2/c1-9(2)14-11(15(19)20)8-17-13(18-14)7-10-5-3-4-6-12(10)16/h3-6,8-9H,7H2,1-2H3,(H,19,20). The Balaban J connectivity index is 2.37. The SMILES string of the molecule is CC(C)c1nc(Cc2ccccc2Br)ncc1C(=O)O. The summed E-state index contributed by atoms with van der Waals surface area (Å²) in [4.78, 5) is 19.7. The molecule has 1 heterocycles. The topological polar surface area (TPSA) is 63.1 Å². The molecule has 0 saturated carbocycles. The first-order valence-corrected chi connectivity index (χ1v) is 7.11. The normalized spacial score (nSPS) is 10.8. The lowest BCUT2D eigenvalue weighted by molar-refractivity contribution is 0.0694. The van der Waals surface area contributed by atoms with E-state index >= 15 is 0 Å². The van der Waals surface area contributed by atoms with E-state index in [4.69, 9.17) is 5.11 Å². The molecule has 0 bridgehead atoms. The fraction of sp³-hybridized carbons (Fsp3) is 0.267. The van der Waals surface area contributed by atoms with Crippen LogP contribution in [0.15, 0.2) is 34.9 Å². The molecule has 1 N–H and O–H groups in total. The molecule has 4 nitrogen and oxygen atoms in total. The third kappa shape index (κ3) is 3.22. The quantitative estimate of drug-likeness (QED) is 0.926. The van der Waals surface area contributed by atoms with Gasteiger partial charge in [-0.3, -0.25) is 0 Å². The maximum atomic E-state index is 11.2. The van der Waals surface area contributed by atoms with Crippen LogP contribution in [-0.2, 0) is 6.42 Å². The third-order valence-electron chi connectivity index (χ3n) is 2.95. The van der Waals surface area contributed by atoms with Crippen LogP contribution in [0.4, 0.5) is 0 Å². The molecule has 0 fully saturated rings. The Bertz CT molecular complexity index is 642. The van der Waals surface area contributed by atoms with Gasteiger partial charge in [-0.15, -0.1) is 0 Å². The number of nitrogens with zero attached hydrogens (tertiary/aromatic N) is 2. The lowest BCUT2D eigenvalue weighted by Gasteiger charge is -2.10. The summed E-state index contributed by atoms with van der Waals surface area (Å²) < 4.78 is 0.997. The second-order valence-electron chi connectivity index (χ2n) is 4.81. The zero-order chi connectivity index (χ0) is 14.7. The molecule has 20 heavy (non-hydrogen) atoms. The summed E-state index contributed by atoms with van der Waals surface area (Å²) in [7, 11) is 0. The van der Waals surface area contributed by atoms with Gasteiger partial charge >= 0.3 is 5.97 Å². The van der Waals surface area contributed by atoms with E-state index < -0.39 is 5.97 Å². The second kappa shape index (κ2) is 6.13. The van der Waals surface area contributed by atoms with Gasteiger partial charge in [0, 0.05) is 17.1 Å². The first-order valence-electron chi connectivity index (χ1n) is 6.31. The average molecular weight is 335 g/mol. The van der Waals surface area contributed by atoms with Crippen LogP contribution in [0, 0.1) is 0 Å². The molecule has 0 aliphatic carbocycles. The van der Waals surface area contributed by atoms with Crippen molar-refractivity contribution < 1.29 is 9.90 Å². The first kappa shape index (κ1) is 14.7. The van der Waals surface area contributed by atoms with Gasteiger partial charge in [-0.2, -0.15) is 0 Å². The Labute approximate surface area is 126 Å². The van der Waals surface area contributed by atoms with E-state index in [9.17, 15) is 4.79 Å². The minimum absolute atomic E-state index is 0.0436. The van der Waals surface area contributed by atoms with Crippen LogP contribution in [0.25, 0.3) is 0 Å². The smallest absolute Gasteiger partial charge is 0.339 e. The van der Waals surface area contributed by atoms with E-state index in [1.807, 2.05) is 38.1 Å². The Morgan fingerprint density at radius 3 is 2.65 bits per heavy atom. The van der Waals surface area contributed by atoms with Crippen LogP contribution < -0.4 is 0 Å². The summed E-state index contributed by atoms with van der Waals surface area (Å²) in [5.74, 6) is -0.311. The average Bonchev–Trinajstić information content (AvgIpc) is 2.41. The second-order valence-corrected chi connectivity index (χ2v) is 5.67. The number of carboxylic acid groups (broad SMARTS) is 1. The highest BCUT2D eigenvalue weighted by Crippen LogP contribution is 2.21. The van der Waals surface area contributed by atoms with Gasteiger partial charge in [0.2, 0.25) is 0 Å². The lowest BCUT2D eigenvalue weighted by Crippen LogP contribution is -2.10. The molecule has 1 aromatic heterocycles. The number of aromatic carboxylic acids is 1. The van der Waals surface area contributed by atoms with Crippen molar-refractivity contribution in [2.24, 2.45) is 0 Å². The zero-order valence-electron chi connectivity index (χ0n) is 11.3. The Hall–Kier alpha value is -1.75. The Kier molecular flexibility index (Phi) is 4.49. The van der Waals surface area contributed by atoms with Gasteiger partial charge in [-0.05, 0) is 17.5 Å². The monoisotopic (exact) mass is 334 g/mol. The molecular weight excluding hydrogens is 320 g/mol. The number of carbonyl (C=O) groups is 1. The summed E-state index contributed by atoms with van der Waals surface area (Å²) in [6.07, 6.45) is 1.97. The van der Waals surface area contributed by atoms with E-state index in [-0.39, 0.29) is 11.5 Å². The number of rotatable bonds is 4. The zero-order valence-corrected chi connectivity index (χ0v) is 12.9. The van der Waals surface area contributed by atoms with Crippen LogP contribution in [0.5, 0.6) is 0 Å². The largest absolute Gasteiger partial charge is 0.478 e. The molecule has 0 radical (unpaired) electrons. The molecule has 0 amide bonds. The van der Waals surface area contributed by atoms with Gasteiger partial charge in [0.15, 0.2) is 0 Å². The molecule has 0 atom stereocenters. The minimum atomic E-state index is -0.985. The van der Waals surface area contributed by atoms with Crippen LogP contribution >= 0.6 is 15.9 Å². The van der Waals surface area contributed by atoms with Crippen LogP contribution in [-0.4, -0.2) is 21.0 Å². The molecule has 2 aromatic rings.